The third kappa shape index (κ3) is 10.2. The number of ether oxygens (including phenoxy) is 4. The van der Waals surface area contributed by atoms with Crippen molar-refractivity contribution in [2.75, 3.05) is 13.2 Å². The SMILES string of the molecule is C=C(C)C(=O)OC(COC(=O)C(C)(F)F)C(COC(=O)C(C)(F)F)OC(=O)C(C)(F)F. The molecule has 0 rings (SSSR count). The average molecular weight is 466 g/mol. The van der Waals surface area contributed by atoms with Crippen molar-refractivity contribution in [1.82, 2.24) is 0 Å². The monoisotopic (exact) mass is 466 g/mol. The molecular formula is C17H20F6O8. The first-order valence-corrected chi connectivity index (χ1v) is 8.32. The molecule has 14 heteroatoms. The summed E-state index contributed by atoms with van der Waals surface area (Å²) in [7, 11) is 0. The molecule has 0 amide bonds. The van der Waals surface area contributed by atoms with Gasteiger partial charge in [0, 0.05) is 26.3 Å². The zero-order chi connectivity index (χ0) is 24.8. The molecule has 0 bridgehead atoms. The zero-order valence-corrected chi connectivity index (χ0v) is 16.8. The Morgan fingerprint density at radius 2 is 1.03 bits per heavy atom. The highest BCUT2D eigenvalue weighted by molar-refractivity contribution is 5.87. The van der Waals surface area contributed by atoms with Gasteiger partial charge in [0.15, 0.2) is 12.2 Å². The van der Waals surface area contributed by atoms with E-state index in [1.54, 1.807) is 0 Å². The quantitative estimate of drug-likeness (QED) is 0.198. The zero-order valence-electron chi connectivity index (χ0n) is 16.8. The van der Waals surface area contributed by atoms with Crippen molar-refractivity contribution >= 4 is 23.9 Å². The van der Waals surface area contributed by atoms with Crippen LogP contribution < -0.4 is 0 Å². The van der Waals surface area contributed by atoms with E-state index in [9.17, 15) is 45.5 Å². The number of carbonyl (C=O) groups is 4. The summed E-state index contributed by atoms with van der Waals surface area (Å²) in [6.45, 7) is 2.03. The molecule has 8 nitrogen and oxygen atoms in total. The highest BCUT2D eigenvalue weighted by Gasteiger charge is 2.42. The maximum atomic E-state index is 13.2. The Kier molecular flexibility index (Phi) is 9.54. The summed E-state index contributed by atoms with van der Waals surface area (Å²) in [5.74, 6) is -20.0. The molecule has 0 N–H and O–H groups in total. The van der Waals surface area contributed by atoms with Gasteiger partial charge in [0.2, 0.25) is 0 Å². The fourth-order valence-electron chi connectivity index (χ4n) is 1.48. The second-order valence-electron chi connectivity index (χ2n) is 6.53. The van der Waals surface area contributed by atoms with Crippen molar-refractivity contribution in [3.05, 3.63) is 12.2 Å². The van der Waals surface area contributed by atoms with E-state index in [1.807, 2.05) is 0 Å². The first-order valence-electron chi connectivity index (χ1n) is 8.32. The van der Waals surface area contributed by atoms with Crippen molar-refractivity contribution in [1.29, 1.82) is 0 Å². The molecule has 0 radical (unpaired) electrons. The smallest absolute Gasteiger partial charge is 0.377 e. The normalized spacial score (nSPS) is 14.1. The lowest BCUT2D eigenvalue weighted by atomic mass is 10.2. The van der Waals surface area contributed by atoms with E-state index < -0.39 is 67.1 Å². The van der Waals surface area contributed by atoms with Crippen LogP contribution in [-0.2, 0) is 38.1 Å². The molecule has 0 aliphatic carbocycles. The largest absolute Gasteiger partial charge is 0.457 e. The molecule has 178 valence electrons. The standard InChI is InChI=1S/C17H20F6O8/c1-8(2)11(24)30-9(6-28-12(25)15(3,18)19)10(31-14(27)17(5,22)23)7-29-13(26)16(4,20)21/h9-10H,1,6-7H2,2-5H3. The van der Waals surface area contributed by atoms with Crippen LogP contribution in [0.1, 0.15) is 27.7 Å². The first kappa shape index (κ1) is 28.2. The molecule has 0 saturated carbocycles. The fourth-order valence-corrected chi connectivity index (χ4v) is 1.48. The van der Waals surface area contributed by atoms with E-state index in [4.69, 9.17) is 4.74 Å². The Hall–Kier alpha value is -2.80. The predicted molar refractivity (Wildman–Crippen MR) is 88.4 cm³/mol. The van der Waals surface area contributed by atoms with Crippen LogP contribution in [0.15, 0.2) is 12.2 Å². The topological polar surface area (TPSA) is 105 Å². The molecule has 31 heavy (non-hydrogen) atoms. The van der Waals surface area contributed by atoms with Crippen molar-refractivity contribution in [2.24, 2.45) is 0 Å². The number of carbonyl (C=O) groups excluding carboxylic acids is 4. The van der Waals surface area contributed by atoms with Gasteiger partial charge in [-0.1, -0.05) is 6.58 Å². The van der Waals surface area contributed by atoms with Crippen LogP contribution >= 0.6 is 0 Å². The minimum atomic E-state index is -4.13. The van der Waals surface area contributed by atoms with Crippen LogP contribution in [-0.4, -0.2) is 67.1 Å². The minimum Gasteiger partial charge on any atom is -0.457 e. The molecule has 0 aromatic carbocycles. The van der Waals surface area contributed by atoms with Crippen LogP contribution in [0.2, 0.25) is 0 Å². The number of hydrogen-bond acceptors (Lipinski definition) is 8. The molecule has 0 aromatic rings. The van der Waals surface area contributed by atoms with Gasteiger partial charge in [0.05, 0.1) is 0 Å². The molecule has 0 saturated heterocycles. The molecule has 0 heterocycles. The van der Waals surface area contributed by atoms with Gasteiger partial charge in [-0.2, -0.15) is 26.3 Å². The Bertz CT molecular complexity index is 705. The molecule has 0 aromatic heterocycles. The maximum absolute atomic E-state index is 13.2. The number of hydrogen-bond donors (Lipinski definition) is 0. The van der Waals surface area contributed by atoms with Gasteiger partial charge in [-0.05, 0) is 6.92 Å². The van der Waals surface area contributed by atoms with Crippen LogP contribution in [0.4, 0.5) is 26.3 Å². The van der Waals surface area contributed by atoms with E-state index >= 15 is 0 Å². The third-order valence-corrected chi connectivity index (χ3v) is 3.11. The molecule has 0 aliphatic heterocycles. The van der Waals surface area contributed by atoms with Crippen molar-refractivity contribution in [3.63, 3.8) is 0 Å². The van der Waals surface area contributed by atoms with Gasteiger partial charge in [-0.25, -0.2) is 19.2 Å². The number of halogens is 6. The van der Waals surface area contributed by atoms with Gasteiger partial charge in [0.1, 0.15) is 13.2 Å². The first-order chi connectivity index (χ1) is 13.8. The summed E-state index contributed by atoms with van der Waals surface area (Å²) in [5, 5.41) is 0. The van der Waals surface area contributed by atoms with E-state index in [0.717, 1.165) is 6.92 Å². The predicted octanol–water partition coefficient (Wildman–Crippen LogP) is 2.44. The van der Waals surface area contributed by atoms with Gasteiger partial charge < -0.3 is 18.9 Å². The number of alkyl halides is 6. The molecule has 2 unspecified atom stereocenters. The second kappa shape index (κ2) is 10.5. The Balaban J connectivity index is 5.81. The van der Waals surface area contributed by atoms with Gasteiger partial charge in [0.25, 0.3) is 0 Å². The van der Waals surface area contributed by atoms with E-state index in [-0.39, 0.29) is 26.3 Å². The van der Waals surface area contributed by atoms with Crippen molar-refractivity contribution < 1.29 is 64.5 Å². The van der Waals surface area contributed by atoms with Gasteiger partial charge >= 0.3 is 41.6 Å². The summed E-state index contributed by atoms with van der Waals surface area (Å²) < 4.78 is 95.7. The van der Waals surface area contributed by atoms with Crippen LogP contribution in [0, 0.1) is 0 Å². The second-order valence-corrected chi connectivity index (χ2v) is 6.53. The highest BCUT2D eigenvalue weighted by atomic mass is 19.3. The Morgan fingerprint density at radius 1 is 0.710 bits per heavy atom. The summed E-state index contributed by atoms with van der Waals surface area (Å²) in [6, 6.07) is 0. The highest BCUT2D eigenvalue weighted by Crippen LogP contribution is 2.21. The molecular weight excluding hydrogens is 446 g/mol. The lowest BCUT2D eigenvalue weighted by Crippen LogP contribution is -2.46. The summed E-state index contributed by atoms with van der Waals surface area (Å²) in [6.07, 6.45) is -4.36. The van der Waals surface area contributed by atoms with Crippen molar-refractivity contribution in [2.45, 2.75) is 57.7 Å². The Morgan fingerprint density at radius 3 is 1.32 bits per heavy atom. The van der Waals surface area contributed by atoms with Crippen molar-refractivity contribution in [3.8, 4) is 0 Å². The summed E-state index contributed by atoms with van der Waals surface area (Å²) >= 11 is 0. The van der Waals surface area contributed by atoms with E-state index in [0.29, 0.717) is 0 Å². The summed E-state index contributed by atoms with van der Waals surface area (Å²) in [4.78, 5) is 45.7. The number of rotatable bonds is 11. The lowest BCUT2D eigenvalue weighted by Gasteiger charge is -2.28. The maximum Gasteiger partial charge on any atom is 0.377 e. The van der Waals surface area contributed by atoms with Crippen LogP contribution in [0.3, 0.4) is 0 Å². The Labute approximate surface area is 172 Å². The fraction of sp³-hybridized carbons (Fsp3) is 0.647. The van der Waals surface area contributed by atoms with Gasteiger partial charge in [-0.15, -0.1) is 0 Å². The average Bonchev–Trinajstić information content (AvgIpc) is 2.58. The third-order valence-electron chi connectivity index (χ3n) is 3.11. The van der Waals surface area contributed by atoms with Crippen LogP contribution in [0.25, 0.3) is 0 Å². The number of esters is 4. The van der Waals surface area contributed by atoms with Crippen LogP contribution in [0.5, 0.6) is 0 Å². The van der Waals surface area contributed by atoms with E-state index in [2.05, 4.69) is 20.8 Å². The molecule has 0 aliphatic rings. The van der Waals surface area contributed by atoms with E-state index in [1.165, 1.54) is 0 Å². The van der Waals surface area contributed by atoms with Gasteiger partial charge in [-0.3, -0.25) is 0 Å². The summed E-state index contributed by atoms with van der Waals surface area (Å²) in [5.41, 5.74) is -0.305. The minimum absolute atomic E-state index is 0.102. The lowest BCUT2D eigenvalue weighted by molar-refractivity contribution is -0.200. The molecule has 0 fully saturated rings. The molecule has 2 atom stereocenters. The molecule has 0 spiro atoms.